The van der Waals surface area contributed by atoms with Gasteiger partial charge in [-0.1, -0.05) is 42.5 Å². The fourth-order valence-electron chi connectivity index (χ4n) is 2.99. The van der Waals surface area contributed by atoms with Crippen molar-refractivity contribution in [3.8, 4) is 21.1 Å². The molecule has 1 atom stereocenters. The van der Waals surface area contributed by atoms with E-state index in [0.29, 0.717) is 0 Å². The van der Waals surface area contributed by atoms with Gasteiger partial charge in [-0.15, -0.1) is 22.7 Å². The number of hydrogen-bond donors (Lipinski definition) is 2. The Bertz CT molecular complexity index is 970. The number of carboxylic acids is 1. The molecule has 25 heavy (non-hydrogen) atoms. The highest BCUT2D eigenvalue weighted by molar-refractivity contribution is 7.14. The van der Waals surface area contributed by atoms with Crippen molar-refractivity contribution in [1.82, 2.24) is 4.98 Å². The summed E-state index contributed by atoms with van der Waals surface area (Å²) in [7, 11) is 0. The first kappa shape index (κ1) is 15.9. The van der Waals surface area contributed by atoms with Crippen LogP contribution in [0.1, 0.15) is 17.0 Å². The molecule has 4 aromatic rings. The van der Waals surface area contributed by atoms with Crippen molar-refractivity contribution in [1.29, 1.82) is 0 Å². The quantitative estimate of drug-likeness (QED) is 0.477. The summed E-state index contributed by atoms with van der Waals surface area (Å²) in [4.78, 5) is 17.7. The van der Waals surface area contributed by atoms with E-state index < -0.39 is 11.9 Å². The van der Waals surface area contributed by atoms with Gasteiger partial charge in [-0.2, -0.15) is 0 Å². The molecule has 124 valence electrons. The second-order valence-corrected chi connectivity index (χ2v) is 7.55. The van der Waals surface area contributed by atoms with Gasteiger partial charge in [-0.25, -0.2) is 0 Å². The maximum atomic E-state index is 12.1. The van der Waals surface area contributed by atoms with Gasteiger partial charge in [0, 0.05) is 0 Å². The summed E-state index contributed by atoms with van der Waals surface area (Å²) in [5.41, 5.74) is 3.42. The van der Waals surface area contributed by atoms with Gasteiger partial charge in [0.1, 0.15) is 5.92 Å². The molecule has 5 heteroatoms. The summed E-state index contributed by atoms with van der Waals surface area (Å²) in [5.74, 6) is -1.55. The van der Waals surface area contributed by atoms with Crippen LogP contribution in [0.4, 0.5) is 0 Å². The van der Waals surface area contributed by atoms with E-state index in [0.717, 1.165) is 32.3 Å². The Balaban J connectivity index is 1.91. The Hall–Kier alpha value is -2.63. The number of benzene rings is 1. The molecule has 0 saturated carbocycles. The zero-order valence-corrected chi connectivity index (χ0v) is 14.8. The Labute approximate surface area is 153 Å². The molecule has 0 bridgehead atoms. The molecule has 4 rings (SSSR count). The molecule has 3 nitrogen and oxygen atoms in total. The number of H-pyrrole nitrogens is 1. The third-order valence-corrected chi connectivity index (χ3v) is 5.88. The van der Waals surface area contributed by atoms with E-state index in [1.807, 2.05) is 71.4 Å². The van der Waals surface area contributed by atoms with Gasteiger partial charge < -0.3 is 10.1 Å². The zero-order valence-electron chi connectivity index (χ0n) is 13.2. The van der Waals surface area contributed by atoms with Gasteiger partial charge in [0.05, 0.1) is 21.1 Å². The van der Waals surface area contributed by atoms with Gasteiger partial charge in [-0.05, 0) is 40.1 Å². The summed E-state index contributed by atoms with van der Waals surface area (Å²) in [6, 6.07) is 19.4. The number of nitrogens with one attached hydrogen (secondary N) is 1. The minimum atomic E-state index is -0.847. The van der Waals surface area contributed by atoms with Crippen molar-refractivity contribution in [2.75, 3.05) is 0 Å². The van der Waals surface area contributed by atoms with Gasteiger partial charge in [0.25, 0.3) is 0 Å². The molecule has 0 aliphatic heterocycles. The Morgan fingerprint density at radius 3 is 2.20 bits per heavy atom. The van der Waals surface area contributed by atoms with E-state index in [1.54, 1.807) is 22.7 Å². The molecule has 3 aromatic heterocycles. The van der Waals surface area contributed by atoms with Crippen molar-refractivity contribution in [2.24, 2.45) is 0 Å². The highest BCUT2D eigenvalue weighted by atomic mass is 32.1. The van der Waals surface area contributed by atoms with E-state index in [4.69, 9.17) is 0 Å². The fraction of sp³-hybridized carbons (Fsp3) is 0.0500. The number of aromatic amines is 1. The summed E-state index contributed by atoms with van der Waals surface area (Å²) in [6.45, 7) is 0. The molecular formula is C20H15NO2S2. The van der Waals surface area contributed by atoms with Crippen molar-refractivity contribution < 1.29 is 9.90 Å². The standard InChI is InChI=1S/C20H15NO2S2/c22-20(23)18(13-6-2-1-3-7-13)14-12-15(16-8-4-10-24-16)21-19(14)17-9-5-11-25-17/h1-12,18,21H,(H,22,23). The molecule has 0 amide bonds. The van der Waals surface area contributed by atoms with Crippen LogP contribution in [-0.4, -0.2) is 16.1 Å². The molecule has 0 aliphatic carbocycles. The minimum absolute atomic E-state index is 0.705. The molecule has 0 fully saturated rings. The summed E-state index contributed by atoms with van der Waals surface area (Å²) in [5, 5.41) is 14.0. The number of aliphatic carboxylic acids is 1. The predicted molar refractivity (Wildman–Crippen MR) is 103 cm³/mol. The normalized spacial score (nSPS) is 12.2. The summed E-state index contributed by atoms with van der Waals surface area (Å²) in [6.07, 6.45) is 0. The zero-order chi connectivity index (χ0) is 17.2. The lowest BCUT2D eigenvalue weighted by Crippen LogP contribution is -2.13. The lowest BCUT2D eigenvalue weighted by Gasteiger charge is -2.13. The summed E-state index contributed by atoms with van der Waals surface area (Å²) < 4.78 is 0. The first-order valence-electron chi connectivity index (χ1n) is 7.82. The van der Waals surface area contributed by atoms with E-state index in [-0.39, 0.29) is 0 Å². The van der Waals surface area contributed by atoms with Crippen LogP contribution in [0.25, 0.3) is 21.1 Å². The van der Waals surface area contributed by atoms with Crippen LogP contribution in [-0.2, 0) is 4.79 Å². The van der Waals surface area contributed by atoms with Crippen molar-refractivity contribution >= 4 is 28.6 Å². The molecule has 1 aromatic carbocycles. The maximum Gasteiger partial charge on any atom is 0.315 e. The molecule has 0 spiro atoms. The van der Waals surface area contributed by atoms with Crippen molar-refractivity contribution in [3.05, 3.63) is 82.6 Å². The van der Waals surface area contributed by atoms with Crippen molar-refractivity contribution in [2.45, 2.75) is 5.92 Å². The van der Waals surface area contributed by atoms with Crippen LogP contribution in [0.15, 0.2) is 71.4 Å². The van der Waals surface area contributed by atoms with E-state index in [1.165, 1.54) is 0 Å². The number of carbonyl (C=O) groups is 1. The monoisotopic (exact) mass is 365 g/mol. The molecule has 0 saturated heterocycles. The third kappa shape index (κ3) is 3.04. The van der Waals surface area contributed by atoms with Crippen LogP contribution < -0.4 is 0 Å². The Morgan fingerprint density at radius 1 is 0.920 bits per heavy atom. The Morgan fingerprint density at radius 2 is 1.60 bits per heavy atom. The number of rotatable bonds is 5. The van der Waals surface area contributed by atoms with Gasteiger partial charge in [-0.3, -0.25) is 4.79 Å². The third-order valence-electron chi connectivity index (χ3n) is 4.09. The van der Waals surface area contributed by atoms with Crippen LogP contribution in [0.2, 0.25) is 0 Å². The SMILES string of the molecule is O=C(O)C(c1ccccc1)c1cc(-c2cccs2)[nH]c1-c1cccs1. The van der Waals surface area contributed by atoms with Gasteiger partial charge in [0.2, 0.25) is 0 Å². The molecule has 0 radical (unpaired) electrons. The highest BCUT2D eigenvalue weighted by Gasteiger charge is 2.27. The first-order valence-corrected chi connectivity index (χ1v) is 9.58. The van der Waals surface area contributed by atoms with Crippen LogP contribution in [0.3, 0.4) is 0 Å². The average Bonchev–Trinajstić information content (AvgIpc) is 3.36. The molecule has 3 heterocycles. The van der Waals surface area contributed by atoms with Crippen LogP contribution in [0, 0.1) is 0 Å². The largest absolute Gasteiger partial charge is 0.481 e. The molecular weight excluding hydrogens is 350 g/mol. The molecule has 2 N–H and O–H groups in total. The lowest BCUT2D eigenvalue weighted by molar-refractivity contribution is -0.137. The Kier molecular flexibility index (Phi) is 4.26. The summed E-state index contributed by atoms with van der Waals surface area (Å²) >= 11 is 3.24. The van der Waals surface area contributed by atoms with E-state index in [2.05, 4.69) is 4.98 Å². The maximum absolute atomic E-state index is 12.1. The first-order chi connectivity index (χ1) is 12.2. The number of aromatic nitrogens is 1. The molecule has 1 unspecified atom stereocenters. The average molecular weight is 365 g/mol. The smallest absolute Gasteiger partial charge is 0.315 e. The minimum Gasteiger partial charge on any atom is -0.481 e. The predicted octanol–water partition coefficient (Wildman–Crippen LogP) is 5.69. The second kappa shape index (κ2) is 6.70. The van der Waals surface area contributed by atoms with E-state index in [9.17, 15) is 9.90 Å². The van der Waals surface area contributed by atoms with Gasteiger partial charge >= 0.3 is 5.97 Å². The number of thiophene rings is 2. The highest BCUT2D eigenvalue weighted by Crippen LogP contribution is 2.39. The van der Waals surface area contributed by atoms with Crippen LogP contribution in [0.5, 0.6) is 0 Å². The number of hydrogen-bond acceptors (Lipinski definition) is 3. The molecule has 0 aliphatic rings. The van der Waals surface area contributed by atoms with E-state index >= 15 is 0 Å². The lowest BCUT2D eigenvalue weighted by atomic mass is 9.91. The van der Waals surface area contributed by atoms with Crippen molar-refractivity contribution in [3.63, 3.8) is 0 Å². The van der Waals surface area contributed by atoms with Crippen LogP contribution >= 0.6 is 22.7 Å². The second-order valence-electron chi connectivity index (χ2n) is 5.65. The topological polar surface area (TPSA) is 53.1 Å². The number of carboxylic acid groups (broad SMARTS) is 1. The van der Waals surface area contributed by atoms with Gasteiger partial charge in [0.15, 0.2) is 0 Å². The fourth-order valence-corrected chi connectivity index (χ4v) is 4.43.